The van der Waals surface area contributed by atoms with Crippen LogP contribution in [-0.2, 0) is 11.8 Å². The summed E-state index contributed by atoms with van der Waals surface area (Å²) in [6.07, 6.45) is -2.28. The van der Waals surface area contributed by atoms with Crippen molar-refractivity contribution in [3.63, 3.8) is 0 Å². The highest BCUT2D eigenvalue weighted by Crippen LogP contribution is 2.29. The Labute approximate surface area is 147 Å². The second-order valence-electron chi connectivity index (χ2n) is 5.69. The van der Waals surface area contributed by atoms with Gasteiger partial charge in [0.1, 0.15) is 0 Å². The first-order chi connectivity index (χ1) is 12.2. The van der Waals surface area contributed by atoms with Crippen molar-refractivity contribution in [3.05, 3.63) is 29.8 Å². The van der Waals surface area contributed by atoms with E-state index in [1.165, 1.54) is 0 Å². The minimum atomic E-state index is -4.64. The number of hydrogen-bond acceptors (Lipinski definition) is 5. The first-order valence-corrected chi connectivity index (χ1v) is 7.86. The summed E-state index contributed by atoms with van der Waals surface area (Å²) in [5, 5.41) is 7.44. The van der Waals surface area contributed by atoms with Crippen LogP contribution in [0.15, 0.2) is 18.5 Å². The van der Waals surface area contributed by atoms with Gasteiger partial charge in [0.2, 0.25) is 6.29 Å². The molecular formula is C16H19F4N5O. The Morgan fingerprint density at radius 1 is 1.27 bits per heavy atom. The van der Waals surface area contributed by atoms with E-state index in [1.807, 2.05) is 18.9 Å². The fraction of sp³-hybridized carbons (Fsp3) is 0.438. The molecule has 0 amide bonds. The summed E-state index contributed by atoms with van der Waals surface area (Å²) in [6, 6.07) is 1.71. The molecule has 2 aromatic rings. The average Bonchev–Trinajstić information content (AvgIpc) is 2.95. The second kappa shape index (κ2) is 8.26. The third kappa shape index (κ3) is 4.78. The third-order valence-corrected chi connectivity index (χ3v) is 3.80. The molecule has 2 aromatic heterocycles. The van der Waals surface area contributed by atoms with E-state index in [0.717, 1.165) is 37.4 Å². The average molecular weight is 373 g/mol. The highest BCUT2D eigenvalue weighted by molar-refractivity contribution is 5.67. The van der Waals surface area contributed by atoms with Crippen molar-refractivity contribution in [2.45, 2.75) is 13.1 Å². The van der Waals surface area contributed by atoms with E-state index < -0.39 is 12.5 Å². The fourth-order valence-electron chi connectivity index (χ4n) is 2.65. The minimum Gasteiger partial charge on any atom is -0.352 e. The van der Waals surface area contributed by atoms with Gasteiger partial charge in [-0.3, -0.25) is 9.48 Å². The zero-order valence-electron chi connectivity index (χ0n) is 14.3. The Morgan fingerprint density at radius 3 is 2.38 bits per heavy atom. The molecule has 0 atom stereocenters. The fourth-order valence-corrected chi connectivity index (χ4v) is 2.65. The molecule has 6 nitrogen and oxygen atoms in total. The van der Waals surface area contributed by atoms with Gasteiger partial charge in [-0.2, -0.15) is 18.3 Å². The van der Waals surface area contributed by atoms with Gasteiger partial charge in [-0.05, 0) is 18.6 Å². The van der Waals surface area contributed by atoms with Gasteiger partial charge >= 0.3 is 6.18 Å². The van der Waals surface area contributed by atoms with Gasteiger partial charge in [0.15, 0.2) is 11.6 Å². The Balaban J connectivity index is 0.000000352. The second-order valence-corrected chi connectivity index (χ2v) is 5.69. The van der Waals surface area contributed by atoms with E-state index in [0.29, 0.717) is 11.4 Å². The summed E-state index contributed by atoms with van der Waals surface area (Å²) in [6.45, 7) is 5.20. The number of carbonyl (C=O) groups excluding carboxylic acids is 1. The standard InChI is InChI=1S/C14H18FN5.C2HF3O/c1-10-9-18-19(2)13(10)11-3-4-17-14(12(11)15)20-7-5-16-6-8-20;3-2(4,5)1-6/h3-4,9,16H,5-8H2,1-2H3;1H. The van der Waals surface area contributed by atoms with Crippen LogP contribution in [0.5, 0.6) is 0 Å². The Hall–Kier alpha value is -2.49. The van der Waals surface area contributed by atoms with Crippen molar-refractivity contribution >= 4 is 12.1 Å². The lowest BCUT2D eigenvalue weighted by Gasteiger charge is -2.29. The van der Waals surface area contributed by atoms with Gasteiger partial charge in [-0.15, -0.1) is 0 Å². The predicted molar refractivity (Wildman–Crippen MR) is 88.3 cm³/mol. The maximum absolute atomic E-state index is 14.8. The molecule has 0 saturated carbocycles. The van der Waals surface area contributed by atoms with Gasteiger partial charge < -0.3 is 10.2 Å². The highest BCUT2D eigenvalue weighted by atomic mass is 19.4. The minimum absolute atomic E-state index is 0.263. The number of aldehydes is 1. The van der Waals surface area contributed by atoms with E-state index in [2.05, 4.69) is 15.4 Å². The Bertz CT molecular complexity index is 734. The van der Waals surface area contributed by atoms with Gasteiger partial charge in [0, 0.05) is 45.0 Å². The number of alkyl halides is 3. The molecule has 1 N–H and O–H groups in total. The molecule has 1 fully saturated rings. The molecule has 0 unspecified atom stereocenters. The van der Waals surface area contributed by atoms with Crippen LogP contribution in [-0.4, -0.2) is 53.4 Å². The molecule has 26 heavy (non-hydrogen) atoms. The first-order valence-electron chi connectivity index (χ1n) is 7.86. The van der Waals surface area contributed by atoms with Crippen molar-refractivity contribution in [2.24, 2.45) is 7.05 Å². The largest absolute Gasteiger partial charge is 0.446 e. The topological polar surface area (TPSA) is 63.1 Å². The first kappa shape index (κ1) is 19.8. The summed E-state index contributed by atoms with van der Waals surface area (Å²) in [4.78, 5) is 14.9. The monoisotopic (exact) mass is 373 g/mol. The molecule has 3 heterocycles. The van der Waals surface area contributed by atoms with Crippen LogP contribution < -0.4 is 10.2 Å². The summed E-state index contributed by atoms with van der Waals surface area (Å²) < 4.78 is 47.8. The lowest BCUT2D eigenvalue weighted by atomic mass is 10.1. The van der Waals surface area contributed by atoms with Crippen molar-refractivity contribution < 1.29 is 22.4 Å². The van der Waals surface area contributed by atoms with Crippen LogP contribution in [0.3, 0.4) is 0 Å². The molecule has 1 aliphatic rings. The van der Waals surface area contributed by atoms with Gasteiger partial charge in [0.25, 0.3) is 0 Å². The summed E-state index contributed by atoms with van der Waals surface area (Å²) in [5.74, 6) is 0.172. The maximum Gasteiger partial charge on any atom is 0.446 e. The number of rotatable bonds is 2. The molecule has 0 radical (unpaired) electrons. The van der Waals surface area contributed by atoms with Crippen LogP contribution in [0.4, 0.5) is 23.4 Å². The number of nitrogens with one attached hydrogen (secondary N) is 1. The van der Waals surface area contributed by atoms with E-state index >= 15 is 0 Å². The SMILES string of the molecule is Cc1cnn(C)c1-c1ccnc(N2CCNCC2)c1F.O=CC(F)(F)F. The van der Waals surface area contributed by atoms with Crippen LogP contribution >= 0.6 is 0 Å². The Morgan fingerprint density at radius 2 is 1.88 bits per heavy atom. The molecule has 0 aliphatic carbocycles. The zero-order chi connectivity index (χ0) is 19.3. The van der Waals surface area contributed by atoms with Crippen LogP contribution in [0.2, 0.25) is 0 Å². The number of piperazine rings is 1. The Kier molecular flexibility index (Phi) is 6.30. The number of nitrogens with zero attached hydrogens (tertiary/aromatic N) is 4. The van der Waals surface area contributed by atoms with Crippen molar-refractivity contribution in [1.82, 2.24) is 20.1 Å². The number of pyridine rings is 1. The predicted octanol–water partition coefficient (Wildman–Crippen LogP) is 2.09. The van der Waals surface area contributed by atoms with Crippen LogP contribution in [0, 0.1) is 12.7 Å². The van der Waals surface area contributed by atoms with Gasteiger partial charge in [-0.1, -0.05) is 0 Å². The molecular weight excluding hydrogens is 354 g/mol. The molecule has 142 valence electrons. The van der Waals surface area contributed by atoms with E-state index in [4.69, 9.17) is 4.79 Å². The molecule has 0 spiro atoms. The van der Waals surface area contributed by atoms with Crippen LogP contribution in [0.1, 0.15) is 5.56 Å². The smallest absolute Gasteiger partial charge is 0.352 e. The third-order valence-electron chi connectivity index (χ3n) is 3.80. The lowest BCUT2D eigenvalue weighted by Crippen LogP contribution is -2.44. The molecule has 0 bridgehead atoms. The summed E-state index contributed by atoms with van der Waals surface area (Å²) in [5.41, 5.74) is 2.33. The number of aryl methyl sites for hydroxylation is 2. The van der Waals surface area contributed by atoms with E-state index in [-0.39, 0.29) is 5.82 Å². The van der Waals surface area contributed by atoms with Crippen LogP contribution in [0.25, 0.3) is 11.3 Å². The maximum atomic E-state index is 14.8. The zero-order valence-corrected chi connectivity index (χ0v) is 14.3. The number of halogens is 4. The summed E-state index contributed by atoms with van der Waals surface area (Å²) >= 11 is 0. The number of carbonyl (C=O) groups is 1. The van der Waals surface area contributed by atoms with Gasteiger partial charge in [-0.25, -0.2) is 9.37 Å². The molecule has 3 rings (SSSR count). The quantitative estimate of drug-likeness (QED) is 0.645. The normalized spacial score (nSPS) is 14.6. The van der Waals surface area contributed by atoms with E-state index in [9.17, 15) is 17.6 Å². The summed E-state index contributed by atoms with van der Waals surface area (Å²) in [7, 11) is 1.83. The molecule has 10 heteroatoms. The number of aromatic nitrogens is 3. The van der Waals surface area contributed by atoms with Crippen molar-refractivity contribution in [2.75, 3.05) is 31.1 Å². The number of hydrogen-bond donors (Lipinski definition) is 1. The van der Waals surface area contributed by atoms with Crippen molar-refractivity contribution in [1.29, 1.82) is 0 Å². The van der Waals surface area contributed by atoms with E-state index in [1.54, 1.807) is 23.1 Å². The molecule has 0 aromatic carbocycles. The lowest BCUT2D eigenvalue weighted by molar-refractivity contribution is -0.156. The highest BCUT2D eigenvalue weighted by Gasteiger charge is 2.25. The molecule has 1 aliphatic heterocycles. The molecule has 1 saturated heterocycles. The van der Waals surface area contributed by atoms with Gasteiger partial charge in [0.05, 0.1) is 11.9 Å². The number of anilines is 1. The van der Waals surface area contributed by atoms with Crippen molar-refractivity contribution in [3.8, 4) is 11.3 Å².